The molecule has 6 nitrogen and oxygen atoms in total. The lowest BCUT2D eigenvalue weighted by molar-refractivity contribution is -0.134. The zero-order valence-corrected chi connectivity index (χ0v) is 15.7. The highest BCUT2D eigenvalue weighted by molar-refractivity contribution is 6.04. The molecule has 7 heteroatoms. The summed E-state index contributed by atoms with van der Waals surface area (Å²) in [5.74, 6) is -1.08. The molecule has 0 radical (unpaired) electrons. The molecular formula is C21H22FN3O3. The predicted molar refractivity (Wildman–Crippen MR) is 105 cm³/mol. The first kappa shape index (κ1) is 19.5. The van der Waals surface area contributed by atoms with E-state index < -0.39 is 5.91 Å². The number of rotatable bonds is 5. The third-order valence-electron chi connectivity index (χ3n) is 4.69. The van der Waals surface area contributed by atoms with Gasteiger partial charge in [0, 0.05) is 37.4 Å². The van der Waals surface area contributed by atoms with Crippen molar-refractivity contribution in [1.29, 1.82) is 0 Å². The smallest absolute Gasteiger partial charge is 0.233 e. The number of hydrogen-bond acceptors (Lipinski definition) is 4. The van der Waals surface area contributed by atoms with Crippen molar-refractivity contribution in [2.45, 2.75) is 13.3 Å². The minimum absolute atomic E-state index is 0.0973. The summed E-state index contributed by atoms with van der Waals surface area (Å²) in [6.07, 6.45) is -0.274. The number of amides is 2. The van der Waals surface area contributed by atoms with Gasteiger partial charge in [-0.05, 0) is 31.2 Å². The Morgan fingerprint density at radius 3 is 2.39 bits per heavy atom. The molecule has 0 aliphatic carbocycles. The third kappa shape index (κ3) is 4.73. The highest BCUT2D eigenvalue weighted by atomic mass is 19.1. The van der Waals surface area contributed by atoms with Crippen molar-refractivity contribution in [3.05, 3.63) is 59.9 Å². The number of piperazine rings is 1. The Labute approximate surface area is 162 Å². The zero-order chi connectivity index (χ0) is 20.1. The highest BCUT2D eigenvalue weighted by Crippen LogP contribution is 2.20. The number of carbonyl (C=O) groups is 3. The minimum atomic E-state index is -0.428. The Morgan fingerprint density at radius 2 is 1.71 bits per heavy atom. The van der Waals surface area contributed by atoms with Crippen LogP contribution in [0.4, 0.5) is 15.8 Å². The summed E-state index contributed by atoms with van der Waals surface area (Å²) in [4.78, 5) is 39.5. The van der Waals surface area contributed by atoms with E-state index in [0.717, 1.165) is 0 Å². The summed E-state index contributed by atoms with van der Waals surface area (Å²) in [5.41, 5.74) is 1.50. The van der Waals surface area contributed by atoms with Crippen LogP contribution in [-0.2, 0) is 9.59 Å². The lowest BCUT2D eigenvalue weighted by Gasteiger charge is -2.36. The normalized spacial score (nSPS) is 13.9. The van der Waals surface area contributed by atoms with Crippen molar-refractivity contribution < 1.29 is 18.8 Å². The van der Waals surface area contributed by atoms with Crippen LogP contribution in [0.2, 0.25) is 0 Å². The van der Waals surface area contributed by atoms with Crippen molar-refractivity contribution in [2.24, 2.45) is 0 Å². The summed E-state index contributed by atoms with van der Waals surface area (Å²) < 4.78 is 13.9. The van der Waals surface area contributed by atoms with Crippen LogP contribution in [-0.4, -0.2) is 48.7 Å². The molecule has 0 saturated carbocycles. The Balaban J connectivity index is 1.51. The molecule has 1 saturated heterocycles. The van der Waals surface area contributed by atoms with Crippen molar-refractivity contribution in [1.82, 2.24) is 4.90 Å². The molecule has 0 unspecified atom stereocenters. The van der Waals surface area contributed by atoms with E-state index >= 15 is 0 Å². The number of nitrogens with zero attached hydrogens (tertiary/aromatic N) is 2. The number of Topliss-reactive ketones (excluding diaryl/α,β-unsaturated/α-hetero) is 1. The van der Waals surface area contributed by atoms with Crippen LogP contribution in [0.15, 0.2) is 48.5 Å². The van der Waals surface area contributed by atoms with Crippen molar-refractivity contribution in [2.75, 3.05) is 36.4 Å². The van der Waals surface area contributed by atoms with Gasteiger partial charge < -0.3 is 15.1 Å². The molecule has 2 amide bonds. The fourth-order valence-electron chi connectivity index (χ4n) is 3.18. The Hall–Kier alpha value is -3.22. The molecular weight excluding hydrogens is 361 g/mol. The second-order valence-electron chi connectivity index (χ2n) is 6.68. The number of anilines is 2. The molecule has 1 fully saturated rings. The molecule has 0 bridgehead atoms. The zero-order valence-electron chi connectivity index (χ0n) is 15.7. The highest BCUT2D eigenvalue weighted by Gasteiger charge is 2.24. The second kappa shape index (κ2) is 8.65. The van der Waals surface area contributed by atoms with Crippen molar-refractivity contribution in [3.8, 4) is 0 Å². The number of nitrogens with one attached hydrogen (secondary N) is 1. The topological polar surface area (TPSA) is 69.7 Å². The molecule has 2 aromatic rings. The molecule has 3 rings (SSSR count). The van der Waals surface area contributed by atoms with Gasteiger partial charge in [-0.3, -0.25) is 14.4 Å². The van der Waals surface area contributed by atoms with Gasteiger partial charge in [0.25, 0.3) is 0 Å². The van der Waals surface area contributed by atoms with Crippen LogP contribution in [0.5, 0.6) is 0 Å². The quantitative estimate of drug-likeness (QED) is 0.637. The predicted octanol–water partition coefficient (Wildman–Crippen LogP) is 2.71. The van der Waals surface area contributed by atoms with E-state index in [-0.39, 0.29) is 23.9 Å². The van der Waals surface area contributed by atoms with E-state index in [9.17, 15) is 18.8 Å². The molecule has 0 aromatic heterocycles. The van der Waals surface area contributed by atoms with E-state index in [1.165, 1.54) is 13.0 Å². The maximum absolute atomic E-state index is 13.9. The maximum Gasteiger partial charge on any atom is 0.233 e. The summed E-state index contributed by atoms with van der Waals surface area (Å²) in [7, 11) is 0. The lowest BCUT2D eigenvalue weighted by Crippen LogP contribution is -2.49. The van der Waals surface area contributed by atoms with Crippen molar-refractivity contribution >= 4 is 29.0 Å². The molecule has 0 spiro atoms. The standard InChI is InChI=1S/C21H22FN3O3/c1-15(26)16-5-4-6-17(13-16)23-20(27)14-21(28)25-11-9-24(10-12-25)19-8-3-2-7-18(19)22/h2-8,13H,9-12,14H2,1H3,(H,23,27). The van der Waals surface area contributed by atoms with Gasteiger partial charge in [-0.25, -0.2) is 4.39 Å². The summed E-state index contributed by atoms with van der Waals surface area (Å²) in [6, 6.07) is 13.1. The van der Waals surface area contributed by atoms with Crippen LogP contribution in [0.3, 0.4) is 0 Å². The van der Waals surface area contributed by atoms with Gasteiger partial charge in [0.15, 0.2) is 5.78 Å². The lowest BCUT2D eigenvalue weighted by atomic mass is 10.1. The van der Waals surface area contributed by atoms with Gasteiger partial charge in [-0.2, -0.15) is 0 Å². The van der Waals surface area contributed by atoms with Gasteiger partial charge in [-0.1, -0.05) is 24.3 Å². The van der Waals surface area contributed by atoms with Crippen LogP contribution in [0.1, 0.15) is 23.7 Å². The van der Waals surface area contributed by atoms with E-state index in [4.69, 9.17) is 0 Å². The Morgan fingerprint density at radius 1 is 1.00 bits per heavy atom. The third-order valence-corrected chi connectivity index (χ3v) is 4.69. The molecule has 1 aliphatic heterocycles. The summed E-state index contributed by atoms with van der Waals surface area (Å²) in [6.45, 7) is 3.33. The van der Waals surface area contributed by atoms with Gasteiger partial charge in [0.1, 0.15) is 12.2 Å². The van der Waals surface area contributed by atoms with Crippen LogP contribution in [0.25, 0.3) is 0 Å². The van der Waals surface area contributed by atoms with Gasteiger partial charge >= 0.3 is 0 Å². The maximum atomic E-state index is 13.9. The fraction of sp³-hybridized carbons (Fsp3) is 0.286. The average molecular weight is 383 g/mol. The largest absolute Gasteiger partial charge is 0.366 e. The van der Waals surface area contributed by atoms with E-state index in [0.29, 0.717) is 43.1 Å². The molecule has 2 aromatic carbocycles. The molecule has 146 valence electrons. The Kier molecular flexibility index (Phi) is 6.03. The second-order valence-corrected chi connectivity index (χ2v) is 6.68. The summed E-state index contributed by atoms with van der Waals surface area (Å²) >= 11 is 0. The fourth-order valence-corrected chi connectivity index (χ4v) is 3.18. The molecule has 1 aliphatic rings. The number of halogens is 1. The van der Waals surface area contributed by atoms with E-state index in [2.05, 4.69) is 5.32 Å². The van der Waals surface area contributed by atoms with Gasteiger partial charge in [0.05, 0.1) is 5.69 Å². The van der Waals surface area contributed by atoms with Gasteiger partial charge in [0.2, 0.25) is 11.8 Å². The molecule has 28 heavy (non-hydrogen) atoms. The van der Waals surface area contributed by atoms with E-state index in [1.807, 2.05) is 4.90 Å². The number of hydrogen-bond donors (Lipinski definition) is 1. The SMILES string of the molecule is CC(=O)c1cccc(NC(=O)CC(=O)N2CCN(c3ccccc3F)CC2)c1. The van der Waals surface area contributed by atoms with Crippen LogP contribution in [0, 0.1) is 5.82 Å². The minimum Gasteiger partial charge on any atom is -0.366 e. The first-order valence-electron chi connectivity index (χ1n) is 9.12. The van der Waals surface area contributed by atoms with E-state index in [1.54, 1.807) is 47.4 Å². The summed E-state index contributed by atoms with van der Waals surface area (Å²) in [5, 5.41) is 2.65. The molecule has 1 heterocycles. The van der Waals surface area contributed by atoms with Crippen LogP contribution < -0.4 is 10.2 Å². The number of ketones is 1. The van der Waals surface area contributed by atoms with Crippen LogP contribution >= 0.6 is 0 Å². The number of benzene rings is 2. The van der Waals surface area contributed by atoms with Crippen molar-refractivity contribution in [3.63, 3.8) is 0 Å². The average Bonchev–Trinajstić information content (AvgIpc) is 2.68. The first-order valence-corrected chi connectivity index (χ1v) is 9.12. The molecule has 1 N–H and O–H groups in total. The number of carbonyl (C=O) groups excluding carboxylic acids is 3. The van der Waals surface area contributed by atoms with Gasteiger partial charge in [-0.15, -0.1) is 0 Å². The monoisotopic (exact) mass is 383 g/mol. The number of para-hydroxylation sites is 1. The first-order chi connectivity index (χ1) is 13.4. The Bertz CT molecular complexity index is 892. The molecule has 0 atom stereocenters.